The Kier molecular flexibility index (Phi) is 3.76. The minimum absolute atomic E-state index is 0.0704. The lowest BCUT2D eigenvalue weighted by atomic mass is 10.1. The summed E-state index contributed by atoms with van der Waals surface area (Å²) in [6.07, 6.45) is 0. The number of carbonyl (C=O) groups excluding carboxylic acids is 1. The quantitative estimate of drug-likeness (QED) is 0.852. The number of halogens is 1. The Hall–Kier alpha value is -2.00. The smallest absolute Gasteiger partial charge is 0.258 e. The summed E-state index contributed by atoms with van der Waals surface area (Å²) >= 11 is 5.90. The van der Waals surface area contributed by atoms with Gasteiger partial charge >= 0.3 is 0 Å². The molecule has 0 atom stereocenters. The molecule has 4 heteroatoms. The van der Waals surface area contributed by atoms with Gasteiger partial charge in [-0.05, 0) is 55.0 Å². The lowest BCUT2D eigenvalue weighted by Gasteiger charge is -2.18. The Bertz CT molecular complexity index is 608. The number of carbonyl (C=O) groups is 1. The molecule has 0 aliphatic carbocycles. The molecule has 0 aliphatic rings. The van der Waals surface area contributed by atoms with Gasteiger partial charge in [-0.1, -0.05) is 11.6 Å². The van der Waals surface area contributed by atoms with Crippen LogP contribution in [0.3, 0.4) is 0 Å². The summed E-state index contributed by atoms with van der Waals surface area (Å²) in [4.78, 5) is 14.0. The largest absolute Gasteiger partial charge is 0.399 e. The van der Waals surface area contributed by atoms with Crippen molar-refractivity contribution < 1.29 is 4.79 Å². The number of nitrogens with two attached hydrogens (primary N) is 1. The molecule has 0 aromatic heterocycles. The Labute approximate surface area is 117 Å². The molecule has 0 spiro atoms. The number of benzene rings is 2. The summed E-state index contributed by atoms with van der Waals surface area (Å²) in [7, 11) is 1.74. The van der Waals surface area contributed by atoms with Gasteiger partial charge < -0.3 is 10.6 Å². The van der Waals surface area contributed by atoms with Gasteiger partial charge in [-0.25, -0.2) is 0 Å². The number of amides is 1. The van der Waals surface area contributed by atoms with E-state index in [0.29, 0.717) is 16.3 Å². The predicted molar refractivity (Wildman–Crippen MR) is 79.8 cm³/mol. The molecule has 0 saturated heterocycles. The lowest BCUT2D eigenvalue weighted by Crippen LogP contribution is -2.26. The van der Waals surface area contributed by atoms with Crippen LogP contribution in [-0.2, 0) is 0 Å². The van der Waals surface area contributed by atoms with E-state index in [1.807, 2.05) is 19.1 Å². The van der Waals surface area contributed by atoms with Crippen LogP contribution in [-0.4, -0.2) is 13.0 Å². The molecule has 0 saturated carbocycles. The van der Waals surface area contributed by atoms with Crippen LogP contribution in [0.2, 0.25) is 5.02 Å². The zero-order valence-electron chi connectivity index (χ0n) is 10.9. The van der Waals surface area contributed by atoms with E-state index < -0.39 is 0 Å². The number of hydrogen-bond donors (Lipinski definition) is 1. The van der Waals surface area contributed by atoms with Crippen LogP contribution in [0.25, 0.3) is 0 Å². The monoisotopic (exact) mass is 274 g/mol. The molecule has 0 aliphatic heterocycles. The van der Waals surface area contributed by atoms with Crippen LogP contribution in [0.5, 0.6) is 0 Å². The Morgan fingerprint density at radius 3 is 2.37 bits per heavy atom. The summed E-state index contributed by atoms with van der Waals surface area (Å²) in [6.45, 7) is 1.87. The molecule has 2 aromatic rings. The van der Waals surface area contributed by atoms with Crippen molar-refractivity contribution in [2.75, 3.05) is 17.7 Å². The van der Waals surface area contributed by atoms with Crippen LogP contribution in [0.1, 0.15) is 15.9 Å². The van der Waals surface area contributed by atoms with Gasteiger partial charge in [-0.3, -0.25) is 4.79 Å². The molecule has 2 rings (SSSR count). The minimum Gasteiger partial charge on any atom is -0.399 e. The maximum atomic E-state index is 12.4. The maximum absolute atomic E-state index is 12.4. The van der Waals surface area contributed by atoms with E-state index in [4.69, 9.17) is 17.3 Å². The molecule has 3 nitrogen and oxygen atoms in total. The number of aryl methyl sites for hydroxylation is 1. The van der Waals surface area contributed by atoms with Gasteiger partial charge in [0.25, 0.3) is 5.91 Å². The molecular formula is C15H15ClN2O. The van der Waals surface area contributed by atoms with Crippen LogP contribution in [0.15, 0.2) is 42.5 Å². The van der Waals surface area contributed by atoms with E-state index in [2.05, 4.69) is 0 Å². The Morgan fingerprint density at radius 2 is 1.79 bits per heavy atom. The van der Waals surface area contributed by atoms with Crippen LogP contribution in [0.4, 0.5) is 11.4 Å². The molecule has 0 heterocycles. The number of nitrogens with zero attached hydrogens (tertiary/aromatic N) is 1. The highest BCUT2D eigenvalue weighted by molar-refractivity contribution is 6.30. The number of anilines is 2. The number of nitrogen functional groups attached to an aromatic ring is 1. The third kappa shape index (κ3) is 2.88. The highest BCUT2D eigenvalue weighted by Crippen LogP contribution is 2.20. The van der Waals surface area contributed by atoms with Gasteiger partial charge in [-0.15, -0.1) is 0 Å². The first-order chi connectivity index (χ1) is 8.99. The Morgan fingerprint density at radius 1 is 1.16 bits per heavy atom. The van der Waals surface area contributed by atoms with Gasteiger partial charge in [0.15, 0.2) is 0 Å². The molecule has 98 valence electrons. The van der Waals surface area contributed by atoms with Crippen molar-refractivity contribution in [2.24, 2.45) is 0 Å². The van der Waals surface area contributed by atoms with Gasteiger partial charge in [-0.2, -0.15) is 0 Å². The standard InChI is InChI=1S/C15H15ClN2O/c1-10-9-11(16)3-8-14(10)15(19)18(2)13-6-4-12(17)5-7-13/h3-9H,17H2,1-2H3. The van der Waals surface area contributed by atoms with Crippen molar-refractivity contribution in [2.45, 2.75) is 6.92 Å². The average Bonchev–Trinajstić information content (AvgIpc) is 2.38. The van der Waals surface area contributed by atoms with Crippen LogP contribution >= 0.6 is 11.6 Å². The summed E-state index contributed by atoms with van der Waals surface area (Å²) in [5.74, 6) is -0.0704. The van der Waals surface area contributed by atoms with Crippen molar-refractivity contribution in [3.05, 3.63) is 58.6 Å². The molecule has 0 unspecified atom stereocenters. The van der Waals surface area contributed by atoms with E-state index in [9.17, 15) is 4.79 Å². The van der Waals surface area contributed by atoms with Crippen molar-refractivity contribution in [3.63, 3.8) is 0 Å². The normalized spacial score (nSPS) is 10.3. The first-order valence-electron chi connectivity index (χ1n) is 5.89. The summed E-state index contributed by atoms with van der Waals surface area (Å²) in [6, 6.07) is 12.4. The van der Waals surface area contributed by atoms with E-state index >= 15 is 0 Å². The summed E-state index contributed by atoms with van der Waals surface area (Å²) in [5, 5.41) is 0.629. The second-order valence-corrected chi connectivity index (χ2v) is 4.85. The molecule has 0 radical (unpaired) electrons. The molecule has 1 amide bonds. The van der Waals surface area contributed by atoms with Crippen molar-refractivity contribution >= 4 is 28.9 Å². The summed E-state index contributed by atoms with van der Waals surface area (Å²) < 4.78 is 0. The third-order valence-electron chi connectivity index (χ3n) is 3.00. The second kappa shape index (κ2) is 5.33. The molecular weight excluding hydrogens is 260 g/mol. The van der Waals surface area contributed by atoms with E-state index in [-0.39, 0.29) is 5.91 Å². The molecule has 0 bridgehead atoms. The maximum Gasteiger partial charge on any atom is 0.258 e. The molecule has 2 N–H and O–H groups in total. The topological polar surface area (TPSA) is 46.3 Å². The van der Waals surface area contributed by atoms with Gasteiger partial charge in [0, 0.05) is 29.0 Å². The zero-order valence-corrected chi connectivity index (χ0v) is 11.6. The van der Waals surface area contributed by atoms with E-state index in [0.717, 1.165) is 11.3 Å². The fourth-order valence-electron chi connectivity index (χ4n) is 1.86. The molecule has 19 heavy (non-hydrogen) atoms. The van der Waals surface area contributed by atoms with Crippen molar-refractivity contribution in [3.8, 4) is 0 Å². The van der Waals surface area contributed by atoms with Crippen LogP contribution in [0, 0.1) is 6.92 Å². The Balaban J connectivity index is 2.30. The zero-order chi connectivity index (χ0) is 14.0. The average molecular weight is 275 g/mol. The fourth-order valence-corrected chi connectivity index (χ4v) is 2.09. The highest BCUT2D eigenvalue weighted by atomic mass is 35.5. The molecule has 2 aromatic carbocycles. The fraction of sp³-hybridized carbons (Fsp3) is 0.133. The lowest BCUT2D eigenvalue weighted by molar-refractivity contribution is 0.0992. The second-order valence-electron chi connectivity index (χ2n) is 4.41. The van der Waals surface area contributed by atoms with Crippen molar-refractivity contribution in [1.82, 2.24) is 0 Å². The summed E-state index contributed by atoms with van der Waals surface area (Å²) in [5.41, 5.74) is 8.61. The van der Waals surface area contributed by atoms with Gasteiger partial charge in [0.05, 0.1) is 0 Å². The number of rotatable bonds is 2. The number of hydrogen-bond acceptors (Lipinski definition) is 2. The van der Waals surface area contributed by atoms with Crippen LogP contribution < -0.4 is 10.6 Å². The van der Waals surface area contributed by atoms with Crippen molar-refractivity contribution in [1.29, 1.82) is 0 Å². The van der Waals surface area contributed by atoms with E-state index in [1.165, 1.54) is 0 Å². The van der Waals surface area contributed by atoms with Gasteiger partial charge in [0.2, 0.25) is 0 Å². The SMILES string of the molecule is Cc1cc(Cl)ccc1C(=O)N(C)c1ccc(N)cc1. The first-order valence-corrected chi connectivity index (χ1v) is 6.26. The molecule has 0 fully saturated rings. The predicted octanol–water partition coefficient (Wildman–Crippen LogP) is 3.51. The highest BCUT2D eigenvalue weighted by Gasteiger charge is 2.15. The van der Waals surface area contributed by atoms with E-state index in [1.54, 1.807) is 42.3 Å². The van der Waals surface area contributed by atoms with Gasteiger partial charge in [0.1, 0.15) is 0 Å². The first kappa shape index (κ1) is 13.4. The third-order valence-corrected chi connectivity index (χ3v) is 3.24. The minimum atomic E-state index is -0.0704.